The molecule has 0 saturated heterocycles. The average molecular weight is 147 g/mol. The number of oxime groups is 1. The third-order valence-corrected chi connectivity index (χ3v) is 0.710. The zero-order valence-corrected chi connectivity index (χ0v) is 5.47. The lowest BCUT2D eigenvalue weighted by molar-refractivity contribution is 0.271. The lowest BCUT2D eigenvalue weighted by Gasteiger charge is -1.81. The minimum atomic E-state index is 0. The van der Waals surface area contributed by atoms with Gasteiger partial charge in [-0.15, -0.1) is 12.4 Å². The smallest absolute Gasteiger partial charge is 0.124 e. The van der Waals surface area contributed by atoms with Crippen LogP contribution in [0.4, 0.5) is 0 Å². The van der Waals surface area contributed by atoms with Crippen LogP contribution in [0.3, 0.4) is 0 Å². The van der Waals surface area contributed by atoms with Crippen molar-refractivity contribution in [2.24, 2.45) is 10.9 Å². The van der Waals surface area contributed by atoms with Crippen molar-refractivity contribution >= 4 is 18.6 Å². The molecule has 1 rings (SSSR count). The summed E-state index contributed by atoms with van der Waals surface area (Å²) in [7, 11) is 0. The molecule has 0 amide bonds. The molecule has 4 heteroatoms. The molecule has 1 aliphatic rings. The molecule has 9 heavy (non-hydrogen) atoms. The molecule has 0 bridgehead atoms. The molecule has 0 aliphatic carbocycles. The summed E-state index contributed by atoms with van der Waals surface area (Å²) in [6, 6.07) is 0. The van der Waals surface area contributed by atoms with E-state index < -0.39 is 0 Å². The number of rotatable bonds is 0. The molecule has 0 unspecified atom stereocenters. The maximum atomic E-state index is 5.34. The summed E-state index contributed by atoms with van der Waals surface area (Å²) in [6.45, 7) is 0. The van der Waals surface area contributed by atoms with Gasteiger partial charge in [0.2, 0.25) is 0 Å². The highest BCUT2D eigenvalue weighted by atomic mass is 35.5. The Hall–Kier alpha value is -0.960. The van der Waals surface area contributed by atoms with Crippen LogP contribution in [0.15, 0.2) is 29.3 Å². The van der Waals surface area contributed by atoms with Gasteiger partial charge < -0.3 is 10.6 Å². The largest absolute Gasteiger partial charge is 0.399 e. The Morgan fingerprint density at radius 1 is 1.56 bits per heavy atom. The predicted octanol–water partition coefficient (Wildman–Crippen LogP) is 0.781. The van der Waals surface area contributed by atoms with Crippen molar-refractivity contribution in [2.45, 2.75) is 0 Å². The fraction of sp³-hybridized carbons (Fsp3) is 0. The van der Waals surface area contributed by atoms with Crippen molar-refractivity contribution in [1.82, 2.24) is 0 Å². The Kier molecular flexibility index (Phi) is 3.55. The van der Waals surface area contributed by atoms with E-state index >= 15 is 0 Å². The summed E-state index contributed by atoms with van der Waals surface area (Å²) in [5.41, 5.74) is 5.98. The van der Waals surface area contributed by atoms with Gasteiger partial charge in [0.15, 0.2) is 0 Å². The van der Waals surface area contributed by atoms with Crippen LogP contribution >= 0.6 is 12.4 Å². The molecule has 0 spiro atoms. The maximum Gasteiger partial charge on any atom is 0.124 e. The highest BCUT2D eigenvalue weighted by Crippen LogP contribution is 1.90. The minimum absolute atomic E-state index is 0. The van der Waals surface area contributed by atoms with Gasteiger partial charge in [-0.3, -0.25) is 0 Å². The van der Waals surface area contributed by atoms with Gasteiger partial charge in [-0.05, 0) is 12.2 Å². The van der Waals surface area contributed by atoms with Crippen molar-refractivity contribution in [3.05, 3.63) is 24.1 Å². The number of nitrogens with zero attached hydrogens (tertiary/aromatic N) is 1. The summed E-state index contributed by atoms with van der Waals surface area (Å²) >= 11 is 0. The third kappa shape index (κ3) is 2.77. The molecular formula is C5H7ClN2O. The molecular weight excluding hydrogens is 140 g/mol. The first kappa shape index (κ1) is 8.04. The Morgan fingerprint density at radius 3 is 3.11 bits per heavy atom. The topological polar surface area (TPSA) is 47.6 Å². The van der Waals surface area contributed by atoms with Crippen molar-refractivity contribution in [2.75, 3.05) is 0 Å². The van der Waals surface area contributed by atoms with E-state index in [-0.39, 0.29) is 12.4 Å². The van der Waals surface area contributed by atoms with Crippen molar-refractivity contribution < 1.29 is 4.84 Å². The fourth-order valence-corrected chi connectivity index (χ4v) is 0.351. The summed E-state index contributed by atoms with van der Waals surface area (Å²) in [6.07, 6.45) is 6.21. The van der Waals surface area contributed by atoms with E-state index in [4.69, 9.17) is 5.73 Å². The summed E-state index contributed by atoms with van der Waals surface area (Å²) < 4.78 is 0. The lowest BCUT2D eigenvalue weighted by atomic mass is 10.4. The van der Waals surface area contributed by atoms with Crippen LogP contribution in [0.5, 0.6) is 0 Å². The van der Waals surface area contributed by atoms with Gasteiger partial charge in [0.25, 0.3) is 0 Å². The standard InChI is InChI=1S/C5H6N2O.ClH/c6-5-1-3-7-8-4-2-5;/h1-4H,6H2;1H. The van der Waals surface area contributed by atoms with Crippen molar-refractivity contribution in [1.29, 1.82) is 0 Å². The summed E-state index contributed by atoms with van der Waals surface area (Å²) in [5.74, 6) is 0. The van der Waals surface area contributed by atoms with Gasteiger partial charge in [0.1, 0.15) is 6.26 Å². The van der Waals surface area contributed by atoms with E-state index in [1.165, 1.54) is 12.5 Å². The number of hydrogen-bond donors (Lipinski definition) is 1. The van der Waals surface area contributed by atoms with E-state index in [2.05, 4.69) is 9.99 Å². The van der Waals surface area contributed by atoms with Gasteiger partial charge in [-0.2, -0.15) is 0 Å². The van der Waals surface area contributed by atoms with E-state index in [0.717, 1.165) is 0 Å². The Balaban J connectivity index is 0.000000640. The highest BCUT2D eigenvalue weighted by Gasteiger charge is 1.82. The van der Waals surface area contributed by atoms with E-state index in [0.29, 0.717) is 5.70 Å². The van der Waals surface area contributed by atoms with Crippen LogP contribution in [-0.4, -0.2) is 6.21 Å². The Labute approximate surface area is 59.3 Å². The SMILES string of the molecule is Cl.NC1=CC=NOC=C1. The first-order valence-electron chi connectivity index (χ1n) is 2.21. The molecule has 2 N–H and O–H groups in total. The van der Waals surface area contributed by atoms with Crippen LogP contribution in [-0.2, 0) is 4.84 Å². The van der Waals surface area contributed by atoms with Gasteiger partial charge in [0.05, 0.1) is 6.21 Å². The summed E-state index contributed by atoms with van der Waals surface area (Å²) in [4.78, 5) is 4.52. The van der Waals surface area contributed by atoms with Gasteiger partial charge in [-0.25, -0.2) is 0 Å². The molecule has 0 aromatic rings. The minimum Gasteiger partial charge on any atom is -0.399 e. The molecule has 0 saturated carbocycles. The average Bonchev–Trinajstić information content (AvgIpc) is 1.94. The third-order valence-electron chi connectivity index (χ3n) is 0.710. The second-order valence-corrected chi connectivity index (χ2v) is 1.33. The molecule has 1 aliphatic heterocycles. The van der Waals surface area contributed by atoms with Crippen LogP contribution in [0.2, 0.25) is 0 Å². The molecule has 0 aromatic heterocycles. The first-order valence-corrected chi connectivity index (χ1v) is 2.21. The highest BCUT2D eigenvalue weighted by molar-refractivity contribution is 5.85. The molecule has 50 valence electrons. The zero-order chi connectivity index (χ0) is 5.82. The number of nitrogens with two attached hydrogens (primary N) is 1. The second kappa shape index (κ2) is 3.97. The predicted molar refractivity (Wildman–Crippen MR) is 38.2 cm³/mol. The number of hydrogen-bond acceptors (Lipinski definition) is 3. The van der Waals surface area contributed by atoms with E-state index in [1.54, 1.807) is 12.2 Å². The molecule has 3 nitrogen and oxygen atoms in total. The maximum absolute atomic E-state index is 5.34. The van der Waals surface area contributed by atoms with Gasteiger partial charge in [-0.1, -0.05) is 5.16 Å². The van der Waals surface area contributed by atoms with Crippen molar-refractivity contribution in [3.8, 4) is 0 Å². The van der Waals surface area contributed by atoms with Crippen LogP contribution in [0.1, 0.15) is 0 Å². The van der Waals surface area contributed by atoms with Gasteiger partial charge in [0, 0.05) is 5.70 Å². The normalized spacial score (nSPS) is 14.9. The van der Waals surface area contributed by atoms with Crippen LogP contribution in [0.25, 0.3) is 0 Å². The van der Waals surface area contributed by atoms with Crippen LogP contribution < -0.4 is 5.73 Å². The Morgan fingerprint density at radius 2 is 2.33 bits per heavy atom. The summed E-state index contributed by atoms with van der Waals surface area (Å²) in [5, 5.41) is 3.45. The second-order valence-electron chi connectivity index (χ2n) is 1.33. The number of allylic oxidation sites excluding steroid dienone is 2. The molecule has 0 fully saturated rings. The Bertz CT molecular complexity index is 162. The van der Waals surface area contributed by atoms with Crippen LogP contribution in [0, 0.1) is 0 Å². The molecule has 0 atom stereocenters. The molecule has 0 aromatic carbocycles. The van der Waals surface area contributed by atoms with E-state index in [1.807, 2.05) is 0 Å². The first-order chi connectivity index (χ1) is 3.89. The monoisotopic (exact) mass is 146 g/mol. The number of halogens is 1. The lowest BCUT2D eigenvalue weighted by Crippen LogP contribution is -1.90. The molecule has 1 heterocycles. The fourth-order valence-electron chi connectivity index (χ4n) is 0.351. The molecule has 0 radical (unpaired) electrons. The zero-order valence-electron chi connectivity index (χ0n) is 4.65. The quantitative estimate of drug-likeness (QED) is 0.549. The van der Waals surface area contributed by atoms with Crippen molar-refractivity contribution in [3.63, 3.8) is 0 Å². The van der Waals surface area contributed by atoms with E-state index in [9.17, 15) is 0 Å². The van der Waals surface area contributed by atoms with Gasteiger partial charge >= 0.3 is 0 Å².